The van der Waals surface area contributed by atoms with Crippen molar-refractivity contribution in [1.29, 1.82) is 0 Å². The SMILES string of the molecule is Cc1cc(O[C@H](C)C(=O)N2CCN(c3ccc(F)cc3)CC2)c2c(C)c(C)c(=O)oc2c1. The molecule has 7 heteroatoms. The second-order valence-corrected chi connectivity index (χ2v) is 8.32. The number of piperazine rings is 1. The van der Waals surface area contributed by atoms with Gasteiger partial charge in [-0.05, 0) is 75.2 Å². The van der Waals surface area contributed by atoms with E-state index in [9.17, 15) is 14.0 Å². The number of anilines is 1. The number of aryl methyl sites for hydroxylation is 2. The van der Waals surface area contributed by atoms with Crippen LogP contribution in [0.15, 0.2) is 45.6 Å². The molecule has 0 N–H and O–H groups in total. The normalized spacial score (nSPS) is 15.2. The lowest BCUT2D eigenvalue weighted by molar-refractivity contribution is -0.138. The summed E-state index contributed by atoms with van der Waals surface area (Å²) in [6.45, 7) is 9.67. The molecule has 2 aromatic carbocycles. The minimum absolute atomic E-state index is 0.0924. The number of hydrogen-bond donors (Lipinski definition) is 0. The number of amides is 1. The number of benzene rings is 2. The van der Waals surface area contributed by atoms with Gasteiger partial charge in [0.2, 0.25) is 0 Å². The van der Waals surface area contributed by atoms with Crippen LogP contribution in [-0.2, 0) is 4.79 Å². The van der Waals surface area contributed by atoms with Gasteiger partial charge < -0.3 is 19.0 Å². The van der Waals surface area contributed by atoms with E-state index in [0.29, 0.717) is 48.5 Å². The molecule has 1 amide bonds. The Morgan fingerprint density at radius 2 is 1.69 bits per heavy atom. The molecule has 2 heterocycles. The van der Waals surface area contributed by atoms with Crippen molar-refractivity contribution in [2.45, 2.75) is 33.8 Å². The van der Waals surface area contributed by atoms with Crippen molar-refractivity contribution < 1.29 is 18.3 Å². The molecule has 1 atom stereocenters. The van der Waals surface area contributed by atoms with E-state index in [1.807, 2.05) is 19.9 Å². The highest BCUT2D eigenvalue weighted by molar-refractivity contribution is 5.89. The standard InChI is InChI=1S/C25H27FN2O4/c1-15-13-21(23-16(2)17(3)25(30)32-22(23)14-15)31-18(4)24(29)28-11-9-27(10-12-28)20-7-5-19(26)6-8-20/h5-8,13-14,18H,9-12H2,1-4H3/t18-/m1/s1. The first-order valence-electron chi connectivity index (χ1n) is 10.7. The Morgan fingerprint density at radius 1 is 1.03 bits per heavy atom. The molecule has 1 aliphatic heterocycles. The first kappa shape index (κ1) is 21.9. The number of hydrogen-bond acceptors (Lipinski definition) is 5. The highest BCUT2D eigenvalue weighted by atomic mass is 19.1. The Balaban J connectivity index is 1.49. The van der Waals surface area contributed by atoms with Crippen LogP contribution in [-0.4, -0.2) is 43.1 Å². The van der Waals surface area contributed by atoms with E-state index in [1.165, 1.54) is 12.1 Å². The van der Waals surface area contributed by atoms with Gasteiger partial charge in [0.1, 0.15) is 17.1 Å². The van der Waals surface area contributed by atoms with Crippen molar-refractivity contribution in [3.05, 3.63) is 69.3 Å². The Bertz CT molecular complexity index is 1210. The van der Waals surface area contributed by atoms with Crippen LogP contribution in [0.2, 0.25) is 0 Å². The van der Waals surface area contributed by atoms with Crippen LogP contribution in [0.25, 0.3) is 11.0 Å². The number of ether oxygens (including phenoxy) is 1. The lowest BCUT2D eigenvalue weighted by Crippen LogP contribution is -2.52. The van der Waals surface area contributed by atoms with Gasteiger partial charge in [0.05, 0.1) is 5.39 Å². The van der Waals surface area contributed by atoms with E-state index in [1.54, 1.807) is 36.9 Å². The third kappa shape index (κ3) is 4.20. The van der Waals surface area contributed by atoms with Crippen molar-refractivity contribution in [1.82, 2.24) is 4.90 Å². The minimum Gasteiger partial charge on any atom is -0.480 e. The van der Waals surface area contributed by atoms with Crippen molar-refractivity contribution >= 4 is 22.6 Å². The summed E-state index contributed by atoms with van der Waals surface area (Å²) < 4.78 is 24.7. The van der Waals surface area contributed by atoms with Crippen LogP contribution in [0.1, 0.15) is 23.6 Å². The summed E-state index contributed by atoms with van der Waals surface area (Å²) in [7, 11) is 0. The predicted molar refractivity (Wildman–Crippen MR) is 122 cm³/mol. The Labute approximate surface area is 186 Å². The van der Waals surface area contributed by atoms with Crippen molar-refractivity contribution in [3.8, 4) is 5.75 Å². The Morgan fingerprint density at radius 3 is 2.34 bits per heavy atom. The van der Waals surface area contributed by atoms with E-state index in [0.717, 1.165) is 16.8 Å². The molecule has 0 aliphatic carbocycles. The van der Waals surface area contributed by atoms with Crippen LogP contribution in [0, 0.1) is 26.6 Å². The molecule has 0 saturated carbocycles. The van der Waals surface area contributed by atoms with Crippen molar-refractivity contribution in [2.24, 2.45) is 0 Å². The van der Waals surface area contributed by atoms with Gasteiger partial charge in [0, 0.05) is 37.4 Å². The molecule has 32 heavy (non-hydrogen) atoms. The molecule has 1 saturated heterocycles. The summed E-state index contributed by atoms with van der Waals surface area (Å²) in [6.07, 6.45) is -0.691. The first-order chi connectivity index (χ1) is 15.2. The van der Waals surface area contributed by atoms with E-state index < -0.39 is 6.10 Å². The third-order valence-corrected chi connectivity index (χ3v) is 6.09. The molecule has 1 aromatic heterocycles. The highest BCUT2D eigenvalue weighted by Gasteiger charge is 2.27. The molecular formula is C25H27FN2O4. The number of carbonyl (C=O) groups is 1. The van der Waals surface area contributed by atoms with Gasteiger partial charge in [0.25, 0.3) is 5.91 Å². The van der Waals surface area contributed by atoms with Gasteiger partial charge in [-0.1, -0.05) is 0 Å². The fourth-order valence-corrected chi connectivity index (χ4v) is 4.12. The van der Waals surface area contributed by atoms with Gasteiger partial charge in [-0.2, -0.15) is 0 Å². The average molecular weight is 438 g/mol. The fraction of sp³-hybridized carbons (Fsp3) is 0.360. The van der Waals surface area contributed by atoms with Crippen molar-refractivity contribution in [3.63, 3.8) is 0 Å². The van der Waals surface area contributed by atoms with Gasteiger partial charge >= 0.3 is 5.63 Å². The maximum atomic E-state index is 13.2. The van der Waals surface area contributed by atoms with Gasteiger partial charge in [0.15, 0.2) is 6.10 Å². The zero-order valence-electron chi connectivity index (χ0n) is 18.8. The molecule has 0 radical (unpaired) electrons. The predicted octanol–water partition coefficient (Wildman–Crippen LogP) is 3.97. The molecule has 168 valence electrons. The molecule has 0 bridgehead atoms. The maximum absolute atomic E-state index is 13.2. The topological polar surface area (TPSA) is 63.0 Å². The van der Waals surface area contributed by atoms with Crippen molar-refractivity contribution in [2.75, 3.05) is 31.1 Å². The zero-order chi connectivity index (χ0) is 23.0. The van der Waals surface area contributed by atoms with Crippen LogP contribution in [0.3, 0.4) is 0 Å². The van der Waals surface area contributed by atoms with Crippen LogP contribution in [0.5, 0.6) is 5.75 Å². The largest absolute Gasteiger partial charge is 0.480 e. The second-order valence-electron chi connectivity index (χ2n) is 8.32. The molecule has 0 spiro atoms. The lowest BCUT2D eigenvalue weighted by Gasteiger charge is -2.37. The fourth-order valence-electron chi connectivity index (χ4n) is 4.12. The summed E-state index contributed by atoms with van der Waals surface area (Å²) >= 11 is 0. The summed E-state index contributed by atoms with van der Waals surface area (Å²) in [4.78, 5) is 29.1. The third-order valence-electron chi connectivity index (χ3n) is 6.09. The molecule has 6 nitrogen and oxygen atoms in total. The molecule has 3 aromatic rings. The molecule has 1 fully saturated rings. The van der Waals surface area contributed by atoms with Gasteiger partial charge in [-0.3, -0.25) is 4.79 Å². The van der Waals surface area contributed by atoms with Crippen LogP contribution in [0.4, 0.5) is 10.1 Å². The summed E-state index contributed by atoms with van der Waals surface area (Å²) in [6, 6.07) is 10.1. The first-order valence-corrected chi connectivity index (χ1v) is 10.7. The molecule has 1 aliphatic rings. The second kappa shape index (κ2) is 8.65. The number of halogens is 1. The van der Waals surface area contributed by atoms with Crippen LogP contribution >= 0.6 is 0 Å². The van der Waals surface area contributed by atoms with E-state index >= 15 is 0 Å². The van der Waals surface area contributed by atoms with E-state index in [-0.39, 0.29) is 17.3 Å². The number of nitrogens with zero attached hydrogens (tertiary/aromatic N) is 2. The highest BCUT2D eigenvalue weighted by Crippen LogP contribution is 2.31. The number of rotatable bonds is 4. The van der Waals surface area contributed by atoms with E-state index in [4.69, 9.17) is 9.15 Å². The maximum Gasteiger partial charge on any atom is 0.339 e. The zero-order valence-corrected chi connectivity index (χ0v) is 18.8. The number of carbonyl (C=O) groups excluding carboxylic acids is 1. The summed E-state index contributed by atoms with van der Waals surface area (Å²) in [5.74, 6) is 0.183. The van der Waals surface area contributed by atoms with E-state index in [2.05, 4.69) is 4.90 Å². The molecule has 4 rings (SSSR count). The summed E-state index contributed by atoms with van der Waals surface area (Å²) in [5, 5.41) is 0.716. The van der Waals surface area contributed by atoms with Gasteiger partial charge in [-0.25, -0.2) is 9.18 Å². The minimum atomic E-state index is -0.691. The quantitative estimate of drug-likeness (QED) is 0.577. The monoisotopic (exact) mass is 438 g/mol. The van der Waals surface area contributed by atoms with Gasteiger partial charge in [-0.15, -0.1) is 0 Å². The lowest BCUT2D eigenvalue weighted by atomic mass is 10.0. The number of fused-ring (bicyclic) bond motifs is 1. The Hall–Kier alpha value is -3.35. The Kier molecular flexibility index (Phi) is 5.91. The molecule has 0 unspecified atom stereocenters. The smallest absolute Gasteiger partial charge is 0.339 e. The molecular weight excluding hydrogens is 411 g/mol. The van der Waals surface area contributed by atoms with Crippen LogP contribution < -0.4 is 15.3 Å². The average Bonchev–Trinajstić information content (AvgIpc) is 2.77. The summed E-state index contributed by atoms with van der Waals surface area (Å²) in [5.41, 5.74) is 3.24.